The highest BCUT2D eigenvalue weighted by Crippen LogP contribution is 2.31. The van der Waals surface area contributed by atoms with Crippen molar-refractivity contribution in [3.05, 3.63) is 76.6 Å². The maximum atomic E-state index is 12.7. The molecule has 0 aliphatic heterocycles. The summed E-state index contributed by atoms with van der Waals surface area (Å²) in [6.07, 6.45) is -1.14. The number of aromatic nitrogens is 2. The van der Waals surface area contributed by atoms with Gasteiger partial charge in [0.15, 0.2) is 0 Å². The van der Waals surface area contributed by atoms with Crippen LogP contribution in [-0.2, 0) is 6.54 Å². The zero-order chi connectivity index (χ0) is 18.5. The number of nitrogens with zero attached hydrogens (tertiary/aromatic N) is 3. The Bertz CT molecular complexity index is 993. The third kappa shape index (κ3) is 3.40. The summed E-state index contributed by atoms with van der Waals surface area (Å²) in [5.74, 6) is 0. The fraction of sp³-hybridized carbons (Fsp3) is 0.150. The lowest BCUT2D eigenvalue weighted by Crippen LogP contribution is -2.32. The monoisotopic (exact) mass is 347 g/mol. The molecule has 1 aromatic heterocycles. The van der Waals surface area contributed by atoms with Gasteiger partial charge >= 0.3 is 0 Å². The second kappa shape index (κ2) is 7.74. The molecule has 1 heterocycles. The van der Waals surface area contributed by atoms with Crippen LogP contribution >= 0.6 is 0 Å². The Labute approximate surface area is 150 Å². The Kier molecular flexibility index (Phi) is 5.23. The second-order valence-electron chi connectivity index (χ2n) is 5.77. The average molecular weight is 347 g/mol. The quantitative estimate of drug-likeness (QED) is 0.733. The first-order valence-corrected chi connectivity index (χ1v) is 8.10. The summed E-state index contributed by atoms with van der Waals surface area (Å²) in [6.45, 7) is -0.698. The van der Waals surface area contributed by atoms with E-state index < -0.39 is 18.3 Å². The summed E-state index contributed by atoms with van der Waals surface area (Å²) in [4.78, 5) is 12.7. The number of aliphatic hydroxyl groups excluding tert-OH is 2. The topological polar surface area (TPSA) is 99.1 Å². The van der Waals surface area contributed by atoms with E-state index in [-0.39, 0.29) is 12.1 Å². The minimum Gasteiger partial charge on any atom is -0.394 e. The van der Waals surface area contributed by atoms with E-state index in [9.17, 15) is 15.2 Å². The largest absolute Gasteiger partial charge is 0.394 e. The minimum absolute atomic E-state index is 0.0461. The molecule has 130 valence electrons. The molecular formula is C20H17N3O3. The third-order valence-electron chi connectivity index (χ3n) is 3.97. The van der Waals surface area contributed by atoms with Gasteiger partial charge in [0.25, 0.3) is 5.56 Å². The predicted molar refractivity (Wildman–Crippen MR) is 97.2 cm³/mol. The fourth-order valence-electron chi connectivity index (χ4n) is 2.74. The van der Waals surface area contributed by atoms with Crippen molar-refractivity contribution >= 4 is 0 Å². The molecule has 3 aromatic rings. The lowest BCUT2D eigenvalue weighted by Gasteiger charge is -2.16. The standard InChI is InChI=1S/C20H17N3O3/c21-11-17-18(14-7-3-1-4-8-14)19(15-9-5-2-6-10-15)22-23(20(17)26)12-16(25)13-24/h1-10,16,24-25H,12-13H2/t16-/m0/s1. The first-order chi connectivity index (χ1) is 12.7. The van der Waals surface area contributed by atoms with E-state index >= 15 is 0 Å². The van der Waals surface area contributed by atoms with Gasteiger partial charge in [-0.2, -0.15) is 10.4 Å². The van der Waals surface area contributed by atoms with Gasteiger partial charge in [-0.1, -0.05) is 60.7 Å². The zero-order valence-corrected chi connectivity index (χ0v) is 13.9. The van der Waals surface area contributed by atoms with E-state index in [1.54, 1.807) is 0 Å². The van der Waals surface area contributed by atoms with E-state index in [0.717, 1.165) is 10.2 Å². The summed E-state index contributed by atoms with van der Waals surface area (Å²) in [5.41, 5.74) is 1.74. The Hall–Kier alpha value is -3.27. The summed E-state index contributed by atoms with van der Waals surface area (Å²) in [6, 6.07) is 20.4. The lowest BCUT2D eigenvalue weighted by molar-refractivity contribution is 0.0770. The van der Waals surface area contributed by atoms with E-state index in [2.05, 4.69) is 5.10 Å². The summed E-state index contributed by atoms with van der Waals surface area (Å²) in [5, 5.41) is 32.8. The zero-order valence-electron chi connectivity index (χ0n) is 13.9. The minimum atomic E-state index is -1.14. The van der Waals surface area contributed by atoms with Gasteiger partial charge in [-0.25, -0.2) is 4.68 Å². The maximum absolute atomic E-state index is 12.7. The molecule has 1 atom stereocenters. The molecule has 0 aliphatic carbocycles. The molecule has 0 saturated carbocycles. The molecule has 0 radical (unpaired) electrons. The highest BCUT2D eigenvalue weighted by molar-refractivity contribution is 5.84. The van der Waals surface area contributed by atoms with Gasteiger partial charge in [-0.05, 0) is 5.56 Å². The lowest BCUT2D eigenvalue weighted by atomic mass is 9.96. The predicted octanol–water partition coefficient (Wildman–Crippen LogP) is 1.80. The Morgan fingerprint density at radius 2 is 1.62 bits per heavy atom. The van der Waals surface area contributed by atoms with Crippen LogP contribution in [0.5, 0.6) is 0 Å². The van der Waals surface area contributed by atoms with Crippen molar-refractivity contribution < 1.29 is 10.2 Å². The Morgan fingerprint density at radius 1 is 1.04 bits per heavy atom. The molecule has 0 aliphatic rings. The van der Waals surface area contributed by atoms with E-state index in [4.69, 9.17) is 5.11 Å². The number of aliphatic hydroxyl groups is 2. The van der Waals surface area contributed by atoms with E-state index in [0.29, 0.717) is 16.8 Å². The highest BCUT2D eigenvalue weighted by atomic mass is 16.3. The van der Waals surface area contributed by atoms with Crippen LogP contribution < -0.4 is 5.56 Å². The molecular weight excluding hydrogens is 330 g/mol. The van der Waals surface area contributed by atoms with E-state index in [1.165, 1.54) is 0 Å². The van der Waals surface area contributed by atoms with Crippen molar-refractivity contribution in [1.82, 2.24) is 9.78 Å². The molecule has 0 spiro atoms. The van der Waals surface area contributed by atoms with Crippen LogP contribution in [0.15, 0.2) is 65.5 Å². The van der Waals surface area contributed by atoms with Gasteiger partial charge in [0.1, 0.15) is 17.3 Å². The molecule has 0 unspecified atom stereocenters. The molecule has 0 fully saturated rings. The fourth-order valence-corrected chi connectivity index (χ4v) is 2.74. The van der Waals surface area contributed by atoms with Crippen molar-refractivity contribution in [2.24, 2.45) is 0 Å². The first-order valence-electron chi connectivity index (χ1n) is 8.10. The van der Waals surface area contributed by atoms with Crippen LogP contribution in [0.1, 0.15) is 5.56 Å². The normalized spacial score (nSPS) is 11.7. The second-order valence-corrected chi connectivity index (χ2v) is 5.77. The van der Waals surface area contributed by atoms with Crippen molar-refractivity contribution in [3.8, 4) is 28.5 Å². The van der Waals surface area contributed by atoms with Gasteiger partial charge in [0.2, 0.25) is 0 Å². The molecule has 2 N–H and O–H groups in total. The molecule has 3 rings (SSSR count). The summed E-state index contributed by atoms with van der Waals surface area (Å²) < 4.78 is 1.04. The van der Waals surface area contributed by atoms with Crippen molar-refractivity contribution in [3.63, 3.8) is 0 Å². The first kappa shape index (κ1) is 17.5. The number of hydrogen-bond donors (Lipinski definition) is 2. The number of nitriles is 1. The number of benzene rings is 2. The summed E-state index contributed by atoms with van der Waals surface area (Å²) in [7, 11) is 0. The van der Waals surface area contributed by atoms with Crippen molar-refractivity contribution in [2.45, 2.75) is 12.6 Å². The third-order valence-corrected chi connectivity index (χ3v) is 3.97. The number of rotatable bonds is 5. The molecule has 6 nitrogen and oxygen atoms in total. The van der Waals surface area contributed by atoms with E-state index in [1.807, 2.05) is 66.7 Å². The van der Waals surface area contributed by atoms with Crippen molar-refractivity contribution in [1.29, 1.82) is 5.26 Å². The van der Waals surface area contributed by atoms with Crippen LogP contribution in [0.25, 0.3) is 22.4 Å². The van der Waals surface area contributed by atoms with Crippen molar-refractivity contribution in [2.75, 3.05) is 6.61 Å². The van der Waals surface area contributed by atoms with Crippen LogP contribution in [0.3, 0.4) is 0 Å². The molecule has 0 amide bonds. The van der Waals surface area contributed by atoms with Gasteiger partial charge < -0.3 is 10.2 Å². The average Bonchev–Trinajstić information content (AvgIpc) is 2.70. The highest BCUT2D eigenvalue weighted by Gasteiger charge is 2.21. The van der Waals surface area contributed by atoms with Gasteiger partial charge in [0, 0.05) is 11.1 Å². The molecule has 2 aromatic carbocycles. The molecule has 0 bridgehead atoms. The molecule has 26 heavy (non-hydrogen) atoms. The van der Waals surface area contributed by atoms with Crippen LogP contribution in [-0.4, -0.2) is 32.7 Å². The Morgan fingerprint density at radius 3 is 2.15 bits per heavy atom. The maximum Gasteiger partial charge on any atom is 0.285 e. The Balaban J connectivity index is 2.34. The van der Waals surface area contributed by atoms with Crippen LogP contribution in [0, 0.1) is 11.3 Å². The van der Waals surface area contributed by atoms with Crippen LogP contribution in [0.4, 0.5) is 0 Å². The number of hydrogen-bond acceptors (Lipinski definition) is 5. The van der Waals surface area contributed by atoms with Gasteiger partial charge in [-0.3, -0.25) is 4.79 Å². The molecule has 6 heteroatoms. The van der Waals surface area contributed by atoms with Gasteiger partial charge in [0.05, 0.1) is 19.3 Å². The molecule has 0 saturated heterocycles. The van der Waals surface area contributed by atoms with Crippen LogP contribution in [0.2, 0.25) is 0 Å². The SMILES string of the molecule is N#Cc1c(-c2ccccc2)c(-c2ccccc2)nn(C[C@H](O)CO)c1=O. The smallest absolute Gasteiger partial charge is 0.285 e. The van der Waals surface area contributed by atoms with Gasteiger partial charge in [-0.15, -0.1) is 0 Å². The summed E-state index contributed by atoms with van der Waals surface area (Å²) >= 11 is 0.